The first-order valence-electron chi connectivity index (χ1n) is 7.44. The molecule has 3 rings (SSSR count). The Hall–Kier alpha value is -2.36. The highest BCUT2D eigenvalue weighted by molar-refractivity contribution is 5.91. The fourth-order valence-corrected chi connectivity index (χ4v) is 2.80. The normalized spacial score (nSPS) is 15.3. The lowest BCUT2D eigenvalue weighted by Crippen LogP contribution is -2.36. The van der Waals surface area contributed by atoms with E-state index in [2.05, 4.69) is 5.32 Å². The second-order valence-electron chi connectivity index (χ2n) is 5.70. The van der Waals surface area contributed by atoms with Gasteiger partial charge in [0.2, 0.25) is 5.91 Å². The maximum atomic E-state index is 13.9. The Labute approximate surface area is 128 Å². The zero-order valence-corrected chi connectivity index (χ0v) is 12.2. The van der Waals surface area contributed by atoms with Crippen molar-refractivity contribution in [3.8, 4) is 5.75 Å². The second-order valence-corrected chi connectivity index (χ2v) is 5.70. The van der Waals surface area contributed by atoms with Crippen molar-refractivity contribution in [2.45, 2.75) is 24.7 Å². The number of nitrogens with one attached hydrogen (secondary N) is 1. The molecule has 0 aliphatic heterocycles. The van der Waals surface area contributed by atoms with Gasteiger partial charge in [-0.3, -0.25) is 4.79 Å². The summed E-state index contributed by atoms with van der Waals surface area (Å²) < 4.78 is 13.9. The van der Waals surface area contributed by atoms with Crippen LogP contribution >= 0.6 is 0 Å². The summed E-state index contributed by atoms with van der Waals surface area (Å²) in [6.07, 6.45) is 1.90. The van der Waals surface area contributed by atoms with Crippen LogP contribution in [-0.2, 0) is 16.6 Å². The van der Waals surface area contributed by atoms with Crippen LogP contribution in [0.1, 0.15) is 24.0 Å². The van der Waals surface area contributed by atoms with Gasteiger partial charge in [0.25, 0.3) is 0 Å². The smallest absolute Gasteiger partial charge is 0.230 e. The number of carbonyl (C=O) groups excluding carboxylic acids is 1. The summed E-state index contributed by atoms with van der Waals surface area (Å²) in [5.74, 6) is -0.226. The summed E-state index contributed by atoms with van der Waals surface area (Å²) in [6, 6.07) is 13.5. The van der Waals surface area contributed by atoms with E-state index in [1.165, 1.54) is 6.07 Å². The molecule has 2 aromatic rings. The minimum Gasteiger partial charge on any atom is -0.508 e. The Morgan fingerprint density at radius 3 is 2.50 bits per heavy atom. The first-order valence-corrected chi connectivity index (χ1v) is 7.44. The number of phenolic OH excluding ortho intramolecular Hbond substituents is 1. The monoisotopic (exact) mass is 299 g/mol. The standard InChI is InChI=1S/C18H18FNO2/c19-15-7-3-2-6-14(15)18(10-11-18)17(22)20-12-9-13-5-1-4-8-16(13)21/h1-8,21H,9-12H2,(H,20,22). The molecule has 0 aromatic heterocycles. The molecule has 0 bridgehead atoms. The molecule has 1 fully saturated rings. The van der Waals surface area contributed by atoms with Gasteiger partial charge in [-0.05, 0) is 37.0 Å². The van der Waals surface area contributed by atoms with Gasteiger partial charge in [0.1, 0.15) is 11.6 Å². The lowest BCUT2D eigenvalue weighted by Gasteiger charge is -2.16. The third kappa shape index (κ3) is 2.69. The average molecular weight is 299 g/mol. The van der Waals surface area contributed by atoms with Gasteiger partial charge < -0.3 is 10.4 Å². The van der Waals surface area contributed by atoms with Gasteiger partial charge in [0.15, 0.2) is 0 Å². The van der Waals surface area contributed by atoms with E-state index in [0.29, 0.717) is 31.4 Å². The topological polar surface area (TPSA) is 49.3 Å². The highest BCUT2D eigenvalue weighted by atomic mass is 19.1. The quantitative estimate of drug-likeness (QED) is 0.892. The molecule has 0 radical (unpaired) electrons. The summed E-state index contributed by atoms with van der Waals surface area (Å²) in [5, 5.41) is 12.6. The lowest BCUT2D eigenvalue weighted by atomic mass is 9.94. The molecule has 1 aliphatic rings. The zero-order valence-electron chi connectivity index (χ0n) is 12.2. The van der Waals surface area contributed by atoms with E-state index in [1.807, 2.05) is 12.1 Å². The van der Waals surface area contributed by atoms with Gasteiger partial charge in [0, 0.05) is 12.1 Å². The summed E-state index contributed by atoms with van der Waals surface area (Å²) >= 11 is 0. The van der Waals surface area contributed by atoms with Crippen molar-refractivity contribution in [2.75, 3.05) is 6.54 Å². The number of phenols is 1. The Bertz CT molecular complexity index is 695. The number of carbonyl (C=O) groups is 1. The number of rotatable bonds is 5. The molecular formula is C18H18FNO2. The van der Waals surface area contributed by atoms with Crippen molar-refractivity contribution < 1.29 is 14.3 Å². The number of aromatic hydroxyl groups is 1. The summed E-state index contributed by atoms with van der Waals surface area (Å²) in [6.45, 7) is 0.423. The van der Waals surface area contributed by atoms with E-state index in [9.17, 15) is 14.3 Å². The van der Waals surface area contributed by atoms with Crippen molar-refractivity contribution >= 4 is 5.91 Å². The fraction of sp³-hybridized carbons (Fsp3) is 0.278. The number of amides is 1. The molecule has 0 unspecified atom stereocenters. The van der Waals surface area contributed by atoms with Crippen molar-refractivity contribution in [1.29, 1.82) is 0 Å². The minimum atomic E-state index is -0.704. The average Bonchev–Trinajstić information content (AvgIpc) is 3.31. The minimum absolute atomic E-state index is 0.131. The molecule has 0 saturated heterocycles. The van der Waals surface area contributed by atoms with Crippen molar-refractivity contribution in [1.82, 2.24) is 5.32 Å². The predicted molar refractivity (Wildman–Crippen MR) is 82.1 cm³/mol. The van der Waals surface area contributed by atoms with E-state index in [-0.39, 0.29) is 17.5 Å². The van der Waals surface area contributed by atoms with Crippen LogP contribution in [0.2, 0.25) is 0 Å². The van der Waals surface area contributed by atoms with Crippen LogP contribution < -0.4 is 5.32 Å². The molecule has 2 aromatic carbocycles. The highest BCUT2D eigenvalue weighted by Crippen LogP contribution is 2.49. The largest absolute Gasteiger partial charge is 0.508 e. The fourth-order valence-electron chi connectivity index (χ4n) is 2.80. The molecule has 1 saturated carbocycles. The molecule has 0 atom stereocenters. The van der Waals surface area contributed by atoms with Gasteiger partial charge in [-0.15, -0.1) is 0 Å². The zero-order chi connectivity index (χ0) is 15.6. The van der Waals surface area contributed by atoms with Crippen LogP contribution in [0, 0.1) is 5.82 Å². The van der Waals surface area contributed by atoms with Gasteiger partial charge in [-0.2, -0.15) is 0 Å². The van der Waals surface area contributed by atoms with Crippen LogP contribution in [0.3, 0.4) is 0 Å². The molecule has 114 valence electrons. The van der Waals surface area contributed by atoms with Crippen LogP contribution in [0.15, 0.2) is 48.5 Å². The number of hydrogen-bond donors (Lipinski definition) is 2. The third-order valence-corrected chi connectivity index (χ3v) is 4.25. The van der Waals surface area contributed by atoms with Crippen LogP contribution in [0.5, 0.6) is 5.75 Å². The first-order chi connectivity index (χ1) is 10.6. The summed E-state index contributed by atoms with van der Waals surface area (Å²) in [5.41, 5.74) is 0.568. The number of benzene rings is 2. The Balaban J connectivity index is 1.63. The molecule has 1 amide bonds. The second kappa shape index (κ2) is 5.79. The first kappa shape index (κ1) is 14.6. The number of hydrogen-bond acceptors (Lipinski definition) is 2. The van der Waals surface area contributed by atoms with Gasteiger partial charge in [-0.25, -0.2) is 4.39 Å². The maximum Gasteiger partial charge on any atom is 0.230 e. The van der Waals surface area contributed by atoms with Crippen molar-refractivity contribution in [3.63, 3.8) is 0 Å². The van der Waals surface area contributed by atoms with Gasteiger partial charge in [-0.1, -0.05) is 36.4 Å². The number of para-hydroxylation sites is 1. The molecule has 22 heavy (non-hydrogen) atoms. The molecule has 0 heterocycles. The Morgan fingerprint density at radius 1 is 1.14 bits per heavy atom. The predicted octanol–water partition coefficient (Wildman–Crippen LogP) is 2.92. The van der Waals surface area contributed by atoms with Gasteiger partial charge >= 0.3 is 0 Å². The molecule has 0 spiro atoms. The third-order valence-electron chi connectivity index (χ3n) is 4.25. The number of halogens is 1. The van der Waals surface area contributed by atoms with Crippen LogP contribution in [0.25, 0.3) is 0 Å². The lowest BCUT2D eigenvalue weighted by molar-refractivity contribution is -0.123. The molecular weight excluding hydrogens is 281 g/mol. The summed E-state index contributed by atoms with van der Waals surface area (Å²) in [4.78, 5) is 12.4. The molecule has 1 aliphatic carbocycles. The maximum absolute atomic E-state index is 13.9. The van der Waals surface area contributed by atoms with Crippen LogP contribution in [0.4, 0.5) is 4.39 Å². The van der Waals surface area contributed by atoms with E-state index in [1.54, 1.807) is 30.3 Å². The van der Waals surface area contributed by atoms with Gasteiger partial charge in [0.05, 0.1) is 5.41 Å². The van der Waals surface area contributed by atoms with Crippen LogP contribution in [-0.4, -0.2) is 17.6 Å². The van der Waals surface area contributed by atoms with Crippen molar-refractivity contribution in [2.24, 2.45) is 0 Å². The van der Waals surface area contributed by atoms with E-state index in [4.69, 9.17) is 0 Å². The molecule has 3 nitrogen and oxygen atoms in total. The van der Waals surface area contributed by atoms with Crippen molar-refractivity contribution in [3.05, 3.63) is 65.5 Å². The molecule has 4 heteroatoms. The Morgan fingerprint density at radius 2 is 1.82 bits per heavy atom. The Kier molecular flexibility index (Phi) is 3.84. The molecule has 2 N–H and O–H groups in total. The van der Waals surface area contributed by atoms with E-state index in [0.717, 1.165) is 5.56 Å². The summed E-state index contributed by atoms with van der Waals surface area (Å²) in [7, 11) is 0. The van der Waals surface area contributed by atoms with E-state index >= 15 is 0 Å². The highest BCUT2D eigenvalue weighted by Gasteiger charge is 2.52. The SMILES string of the molecule is O=C(NCCc1ccccc1O)C1(c2ccccc2F)CC1. The van der Waals surface area contributed by atoms with E-state index < -0.39 is 5.41 Å².